The maximum atomic E-state index is 11.3. The normalized spacial score (nSPS) is 41.7. The van der Waals surface area contributed by atoms with Crippen LogP contribution < -0.4 is 0 Å². The van der Waals surface area contributed by atoms with Gasteiger partial charge >= 0.3 is 5.97 Å². The van der Waals surface area contributed by atoms with Crippen LogP contribution in [0.3, 0.4) is 0 Å². The first-order valence-corrected chi connectivity index (χ1v) is 5.43. The molecule has 14 heavy (non-hydrogen) atoms. The van der Waals surface area contributed by atoms with E-state index in [1.807, 2.05) is 0 Å². The van der Waals surface area contributed by atoms with Crippen LogP contribution in [0.25, 0.3) is 0 Å². The van der Waals surface area contributed by atoms with Crippen molar-refractivity contribution in [1.82, 2.24) is 0 Å². The molecule has 2 nitrogen and oxygen atoms in total. The van der Waals surface area contributed by atoms with E-state index in [2.05, 4.69) is 20.4 Å². The minimum atomic E-state index is -0.192. The van der Waals surface area contributed by atoms with E-state index in [0.29, 0.717) is 18.3 Å². The van der Waals surface area contributed by atoms with Crippen molar-refractivity contribution in [3.05, 3.63) is 12.2 Å². The molecule has 1 spiro atoms. The molecule has 3 atom stereocenters. The van der Waals surface area contributed by atoms with Crippen molar-refractivity contribution in [3.8, 4) is 0 Å². The van der Waals surface area contributed by atoms with Crippen LogP contribution in [0.2, 0.25) is 0 Å². The molecule has 2 rings (SSSR count). The van der Waals surface area contributed by atoms with Crippen LogP contribution in [0.5, 0.6) is 0 Å². The van der Waals surface area contributed by atoms with Crippen LogP contribution in [0, 0.1) is 11.8 Å². The number of carbonyl (C=O) groups is 1. The largest absolute Gasteiger partial charge is 0.458 e. The third-order valence-corrected chi connectivity index (χ3v) is 3.93. The van der Waals surface area contributed by atoms with Gasteiger partial charge in [0, 0.05) is 12.3 Å². The highest BCUT2D eigenvalue weighted by molar-refractivity contribution is 5.72. The van der Waals surface area contributed by atoms with Gasteiger partial charge in [0.1, 0.15) is 5.60 Å². The van der Waals surface area contributed by atoms with Gasteiger partial charge in [-0.2, -0.15) is 0 Å². The lowest BCUT2D eigenvalue weighted by molar-refractivity contribution is -0.153. The molecule has 1 aliphatic carbocycles. The van der Waals surface area contributed by atoms with Gasteiger partial charge < -0.3 is 4.74 Å². The molecule has 0 unspecified atom stereocenters. The molecule has 2 heteroatoms. The highest BCUT2D eigenvalue weighted by Gasteiger charge is 2.54. The molecule has 1 heterocycles. The summed E-state index contributed by atoms with van der Waals surface area (Å²) in [7, 11) is 0. The standard InChI is InChI=1S/C12H18O2/c1-8(2)10-5-4-9(3)12(10)7-6-11(13)14-12/h9-10H,1,4-7H2,2-3H3/t9-,10-,12+/m0/s1. The monoisotopic (exact) mass is 194 g/mol. The molecule has 0 aromatic rings. The minimum absolute atomic E-state index is 0.0231. The molecule has 78 valence electrons. The van der Waals surface area contributed by atoms with Crippen LogP contribution in [-0.2, 0) is 9.53 Å². The Kier molecular flexibility index (Phi) is 2.17. The Morgan fingerprint density at radius 1 is 1.57 bits per heavy atom. The average Bonchev–Trinajstić information content (AvgIpc) is 2.61. The molecule has 0 N–H and O–H groups in total. The first-order valence-electron chi connectivity index (χ1n) is 5.43. The Hall–Kier alpha value is -0.790. The Morgan fingerprint density at radius 2 is 2.29 bits per heavy atom. The van der Waals surface area contributed by atoms with Crippen molar-refractivity contribution in [2.75, 3.05) is 0 Å². The second kappa shape index (κ2) is 3.11. The predicted octanol–water partition coefficient (Wildman–Crippen LogP) is 2.68. The number of esters is 1. The summed E-state index contributed by atoms with van der Waals surface area (Å²) in [4.78, 5) is 11.3. The van der Waals surface area contributed by atoms with E-state index in [4.69, 9.17) is 4.74 Å². The zero-order chi connectivity index (χ0) is 10.3. The van der Waals surface area contributed by atoms with Crippen LogP contribution in [0.15, 0.2) is 12.2 Å². The van der Waals surface area contributed by atoms with Crippen molar-refractivity contribution in [2.24, 2.45) is 11.8 Å². The lowest BCUT2D eigenvalue weighted by atomic mass is 9.79. The molecular formula is C12H18O2. The Bertz CT molecular complexity index is 282. The molecule has 0 amide bonds. The zero-order valence-corrected chi connectivity index (χ0v) is 9.01. The SMILES string of the molecule is C=C(C)[C@@H]1CC[C@H](C)[C@]12CCC(=O)O2. The lowest BCUT2D eigenvalue weighted by Crippen LogP contribution is -2.38. The van der Waals surface area contributed by atoms with Gasteiger partial charge in [-0.15, -0.1) is 0 Å². The smallest absolute Gasteiger partial charge is 0.306 e. The van der Waals surface area contributed by atoms with Gasteiger partial charge in [0.05, 0.1) is 0 Å². The highest BCUT2D eigenvalue weighted by atomic mass is 16.6. The third-order valence-electron chi connectivity index (χ3n) is 3.93. The topological polar surface area (TPSA) is 26.3 Å². The van der Waals surface area contributed by atoms with Crippen molar-refractivity contribution in [3.63, 3.8) is 0 Å². The second-order valence-corrected chi connectivity index (χ2v) is 4.81. The van der Waals surface area contributed by atoms with Crippen molar-refractivity contribution in [2.45, 2.75) is 45.1 Å². The van der Waals surface area contributed by atoms with Gasteiger partial charge in [0.2, 0.25) is 0 Å². The van der Waals surface area contributed by atoms with E-state index in [9.17, 15) is 4.79 Å². The average molecular weight is 194 g/mol. The number of hydrogen-bond acceptors (Lipinski definition) is 2. The van der Waals surface area contributed by atoms with Crippen LogP contribution >= 0.6 is 0 Å². The first-order chi connectivity index (χ1) is 6.56. The van der Waals surface area contributed by atoms with Crippen molar-refractivity contribution < 1.29 is 9.53 Å². The van der Waals surface area contributed by atoms with E-state index < -0.39 is 0 Å². The Labute approximate surface area is 85.3 Å². The summed E-state index contributed by atoms with van der Waals surface area (Å²) in [6.45, 7) is 8.27. The Morgan fingerprint density at radius 3 is 2.79 bits per heavy atom. The molecule has 1 aliphatic heterocycles. The van der Waals surface area contributed by atoms with E-state index in [1.54, 1.807) is 0 Å². The summed E-state index contributed by atoms with van der Waals surface area (Å²) < 4.78 is 5.60. The number of ether oxygens (including phenoxy) is 1. The molecular weight excluding hydrogens is 176 g/mol. The molecule has 0 aromatic heterocycles. The van der Waals surface area contributed by atoms with Crippen LogP contribution in [0.4, 0.5) is 0 Å². The summed E-state index contributed by atoms with van der Waals surface area (Å²) in [6, 6.07) is 0. The molecule has 0 bridgehead atoms. The van der Waals surface area contributed by atoms with E-state index in [1.165, 1.54) is 5.57 Å². The van der Waals surface area contributed by atoms with Gasteiger partial charge in [-0.25, -0.2) is 0 Å². The maximum absolute atomic E-state index is 11.3. The number of hydrogen-bond donors (Lipinski definition) is 0. The van der Waals surface area contributed by atoms with Gasteiger partial charge in [0.25, 0.3) is 0 Å². The predicted molar refractivity (Wildman–Crippen MR) is 54.8 cm³/mol. The molecule has 2 fully saturated rings. The number of rotatable bonds is 1. The van der Waals surface area contributed by atoms with Crippen molar-refractivity contribution >= 4 is 5.97 Å². The first kappa shape index (κ1) is 9.75. The molecule has 1 saturated carbocycles. The second-order valence-electron chi connectivity index (χ2n) is 4.81. The van der Waals surface area contributed by atoms with Crippen molar-refractivity contribution in [1.29, 1.82) is 0 Å². The molecule has 1 saturated heterocycles. The van der Waals surface area contributed by atoms with Gasteiger partial charge in [-0.1, -0.05) is 19.1 Å². The maximum Gasteiger partial charge on any atom is 0.306 e. The van der Waals surface area contributed by atoms with Crippen LogP contribution in [-0.4, -0.2) is 11.6 Å². The van der Waals surface area contributed by atoms with E-state index in [-0.39, 0.29) is 11.6 Å². The van der Waals surface area contributed by atoms with Gasteiger partial charge in [-0.05, 0) is 32.1 Å². The number of carbonyl (C=O) groups excluding carboxylic acids is 1. The fourth-order valence-corrected chi connectivity index (χ4v) is 3.12. The fraction of sp³-hybridized carbons (Fsp3) is 0.750. The Balaban J connectivity index is 2.29. The fourth-order valence-electron chi connectivity index (χ4n) is 3.12. The van der Waals surface area contributed by atoms with Gasteiger partial charge in [-0.3, -0.25) is 4.79 Å². The quantitative estimate of drug-likeness (QED) is 0.474. The summed E-state index contributed by atoms with van der Waals surface area (Å²) in [5, 5.41) is 0. The molecule has 0 radical (unpaired) electrons. The summed E-state index contributed by atoms with van der Waals surface area (Å²) in [6.07, 6.45) is 3.77. The molecule has 2 aliphatic rings. The molecule has 0 aromatic carbocycles. The summed E-state index contributed by atoms with van der Waals surface area (Å²) in [5.74, 6) is 0.865. The highest BCUT2D eigenvalue weighted by Crippen LogP contribution is 2.51. The third kappa shape index (κ3) is 1.20. The van der Waals surface area contributed by atoms with Gasteiger partial charge in [0.15, 0.2) is 0 Å². The van der Waals surface area contributed by atoms with E-state index >= 15 is 0 Å². The zero-order valence-electron chi connectivity index (χ0n) is 9.01. The van der Waals surface area contributed by atoms with E-state index in [0.717, 1.165) is 19.3 Å². The van der Waals surface area contributed by atoms with Crippen LogP contribution in [0.1, 0.15) is 39.5 Å². The summed E-state index contributed by atoms with van der Waals surface area (Å²) in [5.41, 5.74) is 0.979. The lowest BCUT2D eigenvalue weighted by Gasteiger charge is -2.33. The minimum Gasteiger partial charge on any atom is -0.458 e. The summed E-state index contributed by atoms with van der Waals surface area (Å²) >= 11 is 0.